The topological polar surface area (TPSA) is 57.6 Å². The van der Waals surface area contributed by atoms with Crippen LogP contribution in [0.5, 0.6) is 0 Å². The number of aryl methyl sites for hydroxylation is 1. The van der Waals surface area contributed by atoms with E-state index in [2.05, 4.69) is 24.3 Å². The molecule has 0 unspecified atom stereocenters. The molecule has 2 aromatic carbocycles. The van der Waals surface area contributed by atoms with Crippen molar-refractivity contribution in [2.24, 2.45) is 5.41 Å². The molecular weight excluding hydrogens is 338 g/mol. The largest absolute Gasteiger partial charge is 0.478 e. The molecule has 2 aromatic rings. The minimum absolute atomic E-state index is 0.190. The summed E-state index contributed by atoms with van der Waals surface area (Å²) in [6, 6.07) is 14.0. The molecule has 1 atom stereocenters. The molecule has 1 saturated heterocycles. The summed E-state index contributed by atoms with van der Waals surface area (Å²) < 4.78 is 0. The fourth-order valence-electron chi connectivity index (χ4n) is 4.65. The summed E-state index contributed by atoms with van der Waals surface area (Å²) in [4.78, 5) is 24.6. The molecule has 4 heteroatoms. The zero-order valence-electron chi connectivity index (χ0n) is 15.9. The number of carbonyl (C=O) groups is 2. The molecule has 0 bridgehead atoms. The molecule has 1 aliphatic heterocycles. The van der Waals surface area contributed by atoms with Gasteiger partial charge >= 0.3 is 5.97 Å². The molecule has 27 heavy (non-hydrogen) atoms. The highest BCUT2D eigenvalue weighted by molar-refractivity contribution is 5.89. The van der Waals surface area contributed by atoms with Gasteiger partial charge in [-0.2, -0.15) is 0 Å². The maximum Gasteiger partial charge on any atom is 0.335 e. The van der Waals surface area contributed by atoms with E-state index in [0.717, 1.165) is 42.6 Å². The normalized spacial score (nSPS) is 20.5. The Labute approximate surface area is 159 Å². The smallest absolute Gasteiger partial charge is 0.335 e. The summed E-state index contributed by atoms with van der Waals surface area (Å²) in [5.41, 5.74) is 5.27. The lowest BCUT2D eigenvalue weighted by Crippen LogP contribution is -2.38. The summed E-state index contributed by atoms with van der Waals surface area (Å²) in [7, 11) is 0. The number of carbonyl (C=O) groups excluding carboxylic acids is 1. The molecule has 2 fully saturated rings. The predicted octanol–water partition coefficient (Wildman–Crippen LogP) is 4.48. The monoisotopic (exact) mass is 363 g/mol. The molecule has 1 aliphatic carbocycles. The Hall–Kier alpha value is -2.62. The van der Waals surface area contributed by atoms with Crippen LogP contribution in [0.2, 0.25) is 0 Å². The van der Waals surface area contributed by atoms with Gasteiger partial charge in [0, 0.05) is 20.0 Å². The number of aromatic carboxylic acids is 1. The van der Waals surface area contributed by atoms with Crippen LogP contribution in [-0.4, -0.2) is 35.0 Å². The van der Waals surface area contributed by atoms with E-state index >= 15 is 0 Å². The van der Waals surface area contributed by atoms with Crippen LogP contribution >= 0.6 is 0 Å². The highest BCUT2D eigenvalue weighted by Gasteiger charge is 2.55. The van der Waals surface area contributed by atoms with Crippen molar-refractivity contribution in [1.29, 1.82) is 0 Å². The number of likely N-dealkylation sites (tertiary alicyclic amines) is 1. The zero-order chi connectivity index (χ0) is 19.2. The lowest BCUT2D eigenvalue weighted by Gasteiger charge is -2.32. The van der Waals surface area contributed by atoms with Crippen LogP contribution < -0.4 is 0 Å². The maximum absolute atomic E-state index is 11.5. The summed E-state index contributed by atoms with van der Waals surface area (Å²) in [6.45, 7) is 5.39. The standard InChI is InChI=1S/C23H25NO3/c1-15-13-19(22(26)27)7-8-20(15)17-3-5-18(6-4-17)21-14-23(21)9-11-24(12-10-23)16(2)25/h3-8,13,21H,9-12,14H2,1-2H3,(H,26,27)/t21-/m1/s1. The van der Waals surface area contributed by atoms with Crippen LogP contribution in [0.1, 0.15) is 53.6 Å². The van der Waals surface area contributed by atoms with E-state index in [9.17, 15) is 9.59 Å². The van der Waals surface area contributed by atoms with E-state index < -0.39 is 5.97 Å². The van der Waals surface area contributed by atoms with Crippen molar-refractivity contribution < 1.29 is 14.7 Å². The SMILES string of the molecule is CC(=O)N1CCC2(CC1)C[C@@H]2c1ccc(-c2ccc(C(=O)O)cc2C)cc1. The van der Waals surface area contributed by atoms with Gasteiger partial charge in [0.15, 0.2) is 0 Å². The lowest BCUT2D eigenvalue weighted by molar-refractivity contribution is -0.130. The quantitative estimate of drug-likeness (QED) is 0.875. The Balaban J connectivity index is 1.48. The van der Waals surface area contributed by atoms with E-state index in [1.54, 1.807) is 19.1 Å². The van der Waals surface area contributed by atoms with E-state index in [1.807, 2.05) is 17.9 Å². The Kier molecular flexibility index (Phi) is 4.29. The minimum atomic E-state index is -0.894. The molecular formula is C23H25NO3. The molecule has 1 spiro atoms. The van der Waals surface area contributed by atoms with Crippen LogP contribution in [0.4, 0.5) is 0 Å². The molecule has 4 nitrogen and oxygen atoms in total. The van der Waals surface area contributed by atoms with Crippen molar-refractivity contribution in [2.45, 2.75) is 39.0 Å². The van der Waals surface area contributed by atoms with Gasteiger partial charge in [-0.05, 0) is 71.9 Å². The summed E-state index contributed by atoms with van der Waals surface area (Å²) in [5, 5.41) is 9.12. The zero-order valence-corrected chi connectivity index (χ0v) is 15.9. The van der Waals surface area contributed by atoms with Gasteiger partial charge in [0.05, 0.1) is 5.56 Å². The Morgan fingerprint density at radius 1 is 1.07 bits per heavy atom. The van der Waals surface area contributed by atoms with E-state index in [0.29, 0.717) is 16.9 Å². The van der Waals surface area contributed by atoms with Gasteiger partial charge in [-0.15, -0.1) is 0 Å². The second-order valence-electron chi connectivity index (χ2n) is 8.08. The summed E-state index contributed by atoms with van der Waals surface area (Å²) >= 11 is 0. The molecule has 0 radical (unpaired) electrons. The van der Waals surface area contributed by atoms with Gasteiger partial charge in [0.2, 0.25) is 5.91 Å². The van der Waals surface area contributed by atoms with Gasteiger partial charge in [-0.3, -0.25) is 4.79 Å². The number of carboxylic acid groups (broad SMARTS) is 1. The first-order valence-electron chi connectivity index (χ1n) is 9.59. The van der Waals surface area contributed by atoms with Crippen LogP contribution in [0.15, 0.2) is 42.5 Å². The fraction of sp³-hybridized carbons (Fsp3) is 0.391. The Morgan fingerprint density at radius 2 is 1.74 bits per heavy atom. The third-order valence-corrected chi connectivity index (χ3v) is 6.49. The van der Waals surface area contributed by atoms with Gasteiger partial charge in [0.1, 0.15) is 0 Å². The summed E-state index contributed by atoms with van der Waals surface area (Å²) in [6.07, 6.45) is 3.44. The first-order valence-corrected chi connectivity index (χ1v) is 9.59. The number of hydrogen-bond acceptors (Lipinski definition) is 2. The molecule has 140 valence electrons. The molecule has 1 saturated carbocycles. The Morgan fingerprint density at radius 3 is 2.30 bits per heavy atom. The average molecular weight is 363 g/mol. The first kappa shape index (κ1) is 17.8. The van der Waals surface area contributed by atoms with Gasteiger partial charge in [-0.25, -0.2) is 4.79 Å². The number of amides is 1. The summed E-state index contributed by atoms with van der Waals surface area (Å²) in [5.74, 6) is -0.0957. The molecule has 0 aromatic heterocycles. The van der Waals surface area contributed by atoms with Gasteiger partial charge in [-0.1, -0.05) is 30.3 Å². The number of rotatable bonds is 3. The van der Waals surface area contributed by atoms with Crippen molar-refractivity contribution in [3.05, 3.63) is 59.2 Å². The van der Waals surface area contributed by atoms with Crippen LogP contribution in [0.25, 0.3) is 11.1 Å². The third-order valence-electron chi connectivity index (χ3n) is 6.49. The van der Waals surface area contributed by atoms with E-state index in [1.165, 1.54) is 12.0 Å². The molecule has 4 rings (SSSR count). The van der Waals surface area contributed by atoms with Crippen LogP contribution in [0, 0.1) is 12.3 Å². The lowest BCUT2D eigenvalue weighted by atomic mass is 9.88. The maximum atomic E-state index is 11.5. The molecule has 1 N–H and O–H groups in total. The predicted molar refractivity (Wildman–Crippen MR) is 105 cm³/mol. The molecule has 1 heterocycles. The van der Waals surface area contributed by atoms with Crippen molar-refractivity contribution in [3.8, 4) is 11.1 Å². The van der Waals surface area contributed by atoms with Crippen molar-refractivity contribution in [3.63, 3.8) is 0 Å². The second-order valence-corrected chi connectivity index (χ2v) is 8.08. The number of benzene rings is 2. The number of carboxylic acids is 1. The van der Waals surface area contributed by atoms with Gasteiger partial charge in [0.25, 0.3) is 0 Å². The highest BCUT2D eigenvalue weighted by atomic mass is 16.4. The van der Waals surface area contributed by atoms with Crippen molar-refractivity contribution >= 4 is 11.9 Å². The molecule has 1 amide bonds. The van der Waals surface area contributed by atoms with E-state index in [4.69, 9.17) is 5.11 Å². The third kappa shape index (κ3) is 3.25. The van der Waals surface area contributed by atoms with Crippen LogP contribution in [0.3, 0.4) is 0 Å². The van der Waals surface area contributed by atoms with Crippen LogP contribution in [-0.2, 0) is 4.79 Å². The molecule has 2 aliphatic rings. The average Bonchev–Trinajstić information content (AvgIpc) is 3.35. The number of piperidine rings is 1. The van der Waals surface area contributed by atoms with Gasteiger partial charge < -0.3 is 10.0 Å². The van der Waals surface area contributed by atoms with Crippen molar-refractivity contribution in [1.82, 2.24) is 4.90 Å². The second kappa shape index (κ2) is 6.52. The van der Waals surface area contributed by atoms with E-state index in [-0.39, 0.29) is 5.91 Å². The van der Waals surface area contributed by atoms with Crippen molar-refractivity contribution in [2.75, 3.05) is 13.1 Å². The highest BCUT2D eigenvalue weighted by Crippen LogP contribution is 2.64. The first-order chi connectivity index (χ1) is 12.9. The number of nitrogens with zero attached hydrogens (tertiary/aromatic N) is 1. The Bertz CT molecular complexity index is 892. The number of hydrogen-bond donors (Lipinski definition) is 1. The fourth-order valence-corrected chi connectivity index (χ4v) is 4.65. The minimum Gasteiger partial charge on any atom is -0.478 e.